The monoisotopic (exact) mass is 328 g/mol. The molecular formula is C13H17BrN2O3. The van der Waals surface area contributed by atoms with E-state index in [9.17, 15) is 10.1 Å². The van der Waals surface area contributed by atoms with E-state index in [-0.39, 0.29) is 10.6 Å². The minimum atomic E-state index is -0.378. The van der Waals surface area contributed by atoms with Gasteiger partial charge < -0.3 is 10.1 Å². The van der Waals surface area contributed by atoms with Crippen molar-refractivity contribution in [2.75, 3.05) is 19.7 Å². The van der Waals surface area contributed by atoms with E-state index in [0.29, 0.717) is 28.3 Å². The molecule has 1 fully saturated rings. The summed E-state index contributed by atoms with van der Waals surface area (Å²) in [4.78, 5) is 10.4. The highest BCUT2D eigenvalue weighted by Crippen LogP contribution is 2.32. The molecule has 0 radical (unpaired) electrons. The number of ether oxygens (including phenoxy) is 1. The normalized spacial score (nSPS) is 16.3. The maximum atomic E-state index is 10.8. The number of benzene rings is 1. The fourth-order valence-corrected chi connectivity index (χ4v) is 2.65. The highest BCUT2D eigenvalue weighted by molar-refractivity contribution is 9.10. The van der Waals surface area contributed by atoms with Gasteiger partial charge in [-0.05, 0) is 60.8 Å². The van der Waals surface area contributed by atoms with Crippen LogP contribution < -0.4 is 10.1 Å². The van der Waals surface area contributed by atoms with Crippen LogP contribution in [0, 0.1) is 23.0 Å². The quantitative estimate of drug-likeness (QED) is 0.681. The molecule has 0 saturated carbocycles. The van der Waals surface area contributed by atoms with Crippen molar-refractivity contribution in [2.45, 2.75) is 19.8 Å². The molecule has 0 spiro atoms. The van der Waals surface area contributed by atoms with Gasteiger partial charge >= 0.3 is 0 Å². The Balaban J connectivity index is 2.04. The largest absolute Gasteiger partial charge is 0.492 e. The van der Waals surface area contributed by atoms with Crippen LogP contribution in [0.1, 0.15) is 18.4 Å². The predicted octanol–water partition coefficient (Wildman–Crippen LogP) is 3.04. The van der Waals surface area contributed by atoms with E-state index in [1.54, 1.807) is 13.0 Å². The zero-order valence-corrected chi connectivity index (χ0v) is 12.4. The molecule has 1 N–H and O–H groups in total. The second-order valence-corrected chi connectivity index (χ2v) is 5.68. The van der Waals surface area contributed by atoms with Crippen LogP contribution in [0.15, 0.2) is 16.6 Å². The zero-order chi connectivity index (χ0) is 13.8. The minimum Gasteiger partial charge on any atom is -0.492 e. The second kappa shape index (κ2) is 6.34. The lowest BCUT2D eigenvalue weighted by Crippen LogP contribution is -2.30. The third-order valence-electron chi connectivity index (χ3n) is 3.38. The van der Waals surface area contributed by atoms with Crippen molar-refractivity contribution in [1.82, 2.24) is 5.32 Å². The summed E-state index contributed by atoms with van der Waals surface area (Å²) in [5.74, 6) is 1.24. The summed E-state index contributed by atoms with van der Waals surface area (Å²) >= 11 is 3.33. The summed E-state index contributed by atoms with van der Waals surface area (Å²) < 4.78 is 6.43. The maximum absolute atomic E-state index is 10.8. The molecule has 1 aromatic carbocycles. The Bertz CT molecular complexity index is 473. The van der Waals surface area contributed by atoms with E-state index < -0.39 is 0 Å². The molecule has 2 rings (SSSR count). The van der Waals surface area contributed by atoms with Crippen molar-refractivity contribution in [1.29, 1.82) is 0 Å². The van der Waals surface area contributed by atoms with E-state index in [4.69, 9.17) is 4.74 Å². The summed E-state index contributed by atoms with van der Waals surface area (Å²) in [7, 11) is 0. The molecule has 1 heterocycles. The molecule has 1 saturated heterocycles. The number of nitro groups is 1. The van der Waals surface area contributed by atoms with E-state index in [2.05, 4.69) is 21.2 Å². The molecular weight excluding hydrogens is 312 g/mol. The summed E-state index contributed by atoms with van der Waals surface area (Å²) in [6, 6.07) is 3.23. The standard InChI is InChI=1S/C13H17BrN2O3/c1-9-6-13(11(14)7-12(9)16(17)18)19-8-10-2-4-15-5-3-10/h6-7,10,15H,2-5,8H2,1H3. The topological polar surface area (TPSA) is 64.4 Å². The van der Waals surface area contributed by atoms with Gasteiger partial charge in [-0.1, -0.05) is 0 Å². The first-order chi connectivity index (χ1) is 9.08. The van der Waals surface area contributed by atoms with Crippen LogP contribution in [0.2, 0.25) is 0 Å². The van der Waals surface area contributed by atoms with Gasteiger partial charge in [0.05, 0.1) is 16.0 Å². The van der Waals surface area contributed by atoms with Crippen LogP contribution in [0.4, 0.5) is 5.69 Å². The predicted molar refractivity (Wildman–Crippen MR) is 76.6 cm³/mol. The Morgan fingerprint density at radius 2 is 2.16 bits per heavy atom. The first kappa shape index (κ1) is 14.3. The highest BCUT2D eigenvalue weighted by Gasteiger charge is 2.17. The number of halogens is 1. The van der Waals surface area contributed by atoms with E-state index >= 15 is 0 Å². The third kappa shape index (κ3) is 3.67. The summed E-state index contributed by atoms with van der Waals surface area (Å²) in [5.41, 5.74) is 0.731. The molecule has 1 aromatic rings. The van der Waals surface area contributed by atoms with Gasteiger partial charge in [-0.3, -0.25) is 10.1 Å². The van der Waals surface area contributed by atoms with Crippen LogP contribution in [-0.2, 0) is 0 Å². The van der Waals surface area contributed by atoms with Crippen LogP contribution >= 0.6 is 15.9 Å². The fourth-order valence-electron chi connectivity index (χ4n) is 2.21. The molecule has 0 atom stereocenters. The number of aryl methyl sites for hydroxylation is 1. The Morgan fingerprint density at radius 1 is 1.47 bits per heavy atom. The van der Waals surface area contributed by atoms with Crippen molar-refractivity contribution in [3.63, 3.8) is 0 Å². The van der Waals surface area contributed by atoms with Crippen LogP contribution in [0.5, 0.6) is 5.75 Å². The summed E-state index contributed by atoms with van der Waals surface area (Å²) in [6.45, 7) is 4.46. The van der Waals surface area contributed by atoms with Gasteiger partial charge in [0.15, 0.2) is 0 Å². The first-order valence-corrected chi connectivity index (χ1v) is 7.15. The Labute approximate surface area is 120 Å². The number of nitrogens with zero attached hydrogens (tertiary/aromatic N) is 1. The molecule has 6 heteroatoms. The molecule has 0 bridgehead atoms. The fraction of sp³-hybridized carbons (Fsp3) is 0.538. The lowest BCUT2D eigenvalue weighted by atomic mass is 9.99. The Hall–Kier alpha value is -1.14. The van der Waals surface area contributed by atoms with Gasteiger partial charge in [-0.25, -0.2) is 0 Å². The summed E-state index contributed by atoms with van der Waals surface area (Å²) in [5, 5.41) is 14.1. The molecule has 104 valence electrons. The van der Waals surface area contributed by atoms with E-state index in [0.717, 1.165) is 25.9 Å². The lowest BCUT2D eigenvalue weighted by molar-refractivity contribution is -0.385. The van der Waals surface area contributed by atoms with Crippen molar-refractivity contribution < 1.29 is 9.66 Å². The number of piperidine rings is 1. The molecule has 1 aliphatic heterocycles. The van der Waals surface area contributed by atoms with E-state index in [1.165, 1.54) is 6.07 Å². The number of hydrogen-bond donors (Lipinski definition) is 1. The van der Waals surface area contributed by atoms with Crippen molar-refractivity contribution >= 4 is 21.6 Å². The Kier molecular flexibility index (Phi) is 4.76. The van der Waals surface area contributed by atoms with Crippen LogP contribution in [0.3, 0.4) is 0 Å². The van der Waals surface area contributed by atoms with Gasteiger partial charge in [0, 0.05) is 11.6 Å². The maximum Gasteiger partial charge on any atom is 0.273 e. The number of hydrogen-bond acceptors (Lipinski definition) is 4. The first-order valence-electron chi connectivity index (χ1n) is 6.36. The second-order valence-electron chi connectivity index (χ2n) is 4.83. The van der Waals surface area contributed by atoms with Gasteiger partial charge in [0.2, 0.25) is 0 Å². The van der Waals surface area contributed by atoms with Crippen LogP contribution in [-0.4, -0.2) is 24.6 Å². The lowest BCUT2D eigenvalue weighted by Gasteiger charge is -2.23. The molecule has 0 amide bonds. The third-order valence-corrected chi connectivity index (χ3v) is 4.00. The SMILES string of the molecule is Cc1cc(OCC2CCNCC2)c(Br)cc1[N+](=O)[O-]. The highest BCUT2D eigenvalue weighted by atomic mass is 79.9. The zero-order valence-electron chi connectivity index (χ0n) is 10.8. The molecule has 0 unspecified atom stereocenters. The smallest absolute Gasteiger partial charge is 0.273 e. The molecule has 0 aromatic heterocycles. The summed E-state index contributed by atoms with van der Waals surface area (Å²) in [6.07, 6.45) is 2.23. The number of nitrogens with one attached hydrogen (secondary N) is 1. The molecule has 19 heavy (non-hydrogen) atoms. The van der Waals surface area contributed by atoms with Gasteiger partial charge in [0.1, 0.15) is 5.75 Å². The minimum absolute atomic E-state index is 0.112. The van der Waals surface area contributed by atoms with Crippen LogP contribution in [0.25, 0.3) is 0 Å². The van der Waals surface area contributed by atoms with Gasteiger partial charge in [-0.15, -0.1) is 0 Å². The van der Waals surface area contributed by atoms with Gasteiger partial charge in [0.25, 0.3) is 5.69 Å². The van der Waals surface area contributed by atoms with Crippen molar-refractivity contribution in [3.05, 3.63) is 32.3 Å². The van der Waals surface area contributed by atoms with Crippen molar-refractivity contribution in [2.24, 2.45) is 5.92 Å². The number of rotatable bonds is 4. The van der Waals surface area contributed by atoms with Crippen molar-refractivity contribution in [3.8, 4) is 5.75 Å². The van der Waals surface area contributed by atoms with Gasteiger partial charge in [-0.2, -0.15) is 0 Å². The molecule has 0 aliphatic carbocycles. The number of nitro benzene ring substituents is 1. The molecule has 5 nitrogen and oxygen atoms in total. The molecule has 1 aliphatic rings. The average molecular weight is 329 g/mol. The Morgan fingerprint density at radius 3 is 2.79 bits per heavy atom. The average Bonchev–Trinajstić information content (AvgIpc) is 2.40. The van der Waals surface area contributed by atoms with E-state index in [1.807, 2.05) is 0 Å².